The first kappa shape index (κ1) is 22.5. The molecule has 0 fully saturated rings. The van der Waals surface area contributed by atoms with E-state index >= 15 is 0 Å². The fourth-order valence-corrected chi connectivity index (χ4v) is 3.73. The SMILES string of the molecule is CCCNS(=O)(=O)c1ccc(OCC(=O)Nc2cc(OC)ccc2OC)c(C)c1. The van der Waals surface area contributed by atoms with E-state index in [4.69, 9.17) is 14.2 Å². The van der Waals surface area contributed by atoms with Gasteiger partial charge in [-0.3, -0.25) is 4.79 Å². The van der Waals surface area contributed by atoms with Crippen LogP contribution in [0.4, 0.5) is 5.69 Å². The van der Waals surface area contributed by atoms with E-state index in [-0.39, 0.29) is 11.5 Å². The number of nitrogens with one attached hydrogen (secondary N) is 2. The van der Waals surface area contributed by atoms with Crippen LogP contribution in [-0.2, 0) is 14.8 Å². The molecule has 0 heterocycles. The first-order valence-corrected chi connectivity index (χ1v) is 10.5. The van der Waals surface area contributed by atoms with Crippen LogP contribution in [0.1, 0.15) is 18.9 Å². The topological polar surface area (TPSA) is 103 Å². The number of hydrogen-bond donors (Lipinski definition) is 2. The van der Waals surface area contributed by atoms with Crippen molar-refractivity contribution < 1.29 is 27.4 Å². The molecule has 0 aromatic heterocycles. The quantitative estimate of drug-likeness (QED) is 0.610. The van der Waals surface area contributed by atoms with Crippen LogP contribution < -0.4 is 24.2 Å². The molecule has 0 aliphatic heterocycles. The molecule has 0 aliphatic carbocycles. The van der Waals surface area contributed by atoms with Crippen molar-refractivity contribution in [2.75, 3.05) is 32.7 Å². The van der Waals surface area contributed by atoms with Gasteiger partial charge in [-0.25, -0.2) is 13.1 Å². The lowest BCUT2D eigenvalue weighted by atomic mass is 10.2. The highest BCUT2D eigenvalue weighted by atomic mass is 32.2. The molecule has 1 amide bonds. The summed E-state index contributed by atoms with van der Waals surface area (Å²) in [6.45, 7) is 3.73. The normalized spacial score (nSPS) is 11.0. The second kappa shape index (κ2) is 10.1. The molecule has 2 aromatic carbocycles. The highest BCUT2D eigenvalue weighted by Crippen LogP contribution is 2.29. The summed E-state index contributed by atoms with van der Waals surface area (Å²) in [6, 6.07) is 9.55. The van der Waals surface area contributed by atoms with E-state index in [9.17, 15) is 13.2 Å². The predicted octanol–water partition coefficient (Wildman–Crippen LogP) is 2.72. The number of carbonyl (C=O) groups excluding carboxylic acids is 1. The third-order valence-electron chi connectivity index (χ3n) is 4.04. The number of rotatable bonds is 10. The molecular formula is C20H26N2O6S. The maximum absolute atomic E-state index is 12.3. The third kappa shape index (κ3) is 6.10. The van der Waals surface area contributed by atoms with Crippen molar-refractivity contribution in [3.63, 3.8) is 0 Å². The average Bonchev–Trinajstić information content (AvgIpc) is 2.71. The van der Waals surface area contributed by atoms with Crippen LogP contribution in [0, 0.1) is 6.92 Å². The summed E-state index contributed by atoms with van der Waals surface area (Å²) < 4.78 is 42.8. The minimum absolute atomic E-state index is 0.154. The summed E-state index contributed by atoms with van der Waals surface area (Å²) in [4.78, 5) is 12.4. The third-order valence-corrected chi connectivity index (χ3v) is 5.50. The molecule has 2 aromatic rings. The highest BCUT2D eigenvalue weighted by molar-refractivity contribution is 7.89. The van der Waals surface area contributed by atoms with Crippen LogP contribution in [0.15, 0.2) is 41.3 Å². The van der Waals surface area contributed by atoms with Gasteiger partial charge in [-0.15, -0.1) is 0 Å². The van der Waals surface area contributed by atoms with Crippen LogP contribution in [0.25, 0.3) is 0 Å². The van der Waals surface area contributed by atoms with Crippen molar-refractivity contribution in [2.45, 2.75) is 25.2 Å². The molecule has 2 rings (SSSR count). The first-order chi connectivity index (χ1) is 13.8. The highest BCUT2D eigenvalue weighted by Gasteiger charge is 2.15. The van der Waals surface area contributed by atoms with Gasteiger partial charge in [0, 0.05) is 12.6 Å². The Kier molecular flexibility index (Phi) is 7.86. The van der Waals surface area contributed by atoms with Crippen LogP contribution >= 0.6 is 0 Å². The number of anilines is 1. The number of sulfonamides is 1. The summed E-state index contributed by atoms with van der Waals surface area (Å²) in [5, 5.41) is 2.71. The molecular weight excluding hydrogens is 396 g/mol. The molecule has 2 N–H and O–H groups in total. The van der Waals surface area contributed by atoms with E-state index < -0.39 is 15.9 Å². The molecule has 29 heavy (non-hydrogen) atoms. The standard InChI is InChI=1S/C20H26N2O6S/c1-5-10-21-29(24,25)16-7-9-18(14(2)11-16)28-13-20(23)22-17-12-15(26-3)6-8-19(17)27-4/h6-9,11-12,21H,5,10,13H2,1-4H3,(H,22,23). The Balaban J connectivity index is 2.04. The van der Waals surface area contributed by atoms with Gasteiger partial charge in [0.2, 0.25) is 10.0 Å². The van der Waals surface area contributed by atoms with Crippen molar-refractivity contribution in [3.8, 4) is 17.2 Å². The fourth-order valence-electron chi connectivity index (χ4n) is 2.51. The van der Waals surface area contributed by atoms with E-state index in [2.05, 4.69) is 10.0 Å². The number of amides is 1. The largest absolute Gasteiger partial charge is 0.497 e. The Morgan fingerprint density at radius 2 is 1.76 bits per heavy atom. The van der Waals surface area contributed by atoms with Gasteiger partial charge in [0.05, 0.1) is 24.8 Å². The van der Waals surface area contributed by atoms with E-state index in [1.807, 2.05) is 6.92 Å². The van der Waals surface area contributed by atoms with Gasteiger partial charge < -0.3 is 19.5 Å². The Labute approximate surface area is 171 Å². The van der Waals surface area contributed by atoms with E-state index in [0.717, 1.165) is 0 Å². The molecule has 0 unspecified atom stereocenters. The Morgan fingerprint density at radius 3 is 2.38 bits per heavy atom. The van der Waals surface area contributed by atoms with Gasteiger partial charge in [0.25, 0.3) is 5.91 Å². The van der Waals surface area contributed by atoms with Gasteiger partial charge >= 0.3 is 0 Å². The average molecular weight is 423 g/mol. The summed E-state index contributed by atoms with van der Waals surface area (Å²) in [7, 11) is -0.528. The maximum Gasteiger partial charge on any atom is 0.262 e. The van der Waals surface area contributed by atoms with Crippen LogP contribution in [0.3, 0.4) is 0 Å². The van der Waals surface area contributed by atoms with Crippen LogP contribution in [0.2, 0.25) is 0 Å². The van der Waals surface area contributed by atoms with E-state index in [1.54, 1.807) is 25.1 Å². The zero-order chi connectivity index (χ0) is 21.4. The van der Waals surface area contributed by atoms with Gasteiger partial charge in [-0.05, 0) is 49.2 Å². The summed E-state index contributed by atoms with van der Waals surface area (Å²) in [5.41, 5.74) is 1.07. The molecule has 0 spiro atoms. The molecule has 0 atom stereocenters. The van der Waals surface area contributed by atoms with E-state index in [1.165, 1.54) is 32.4 Å². The Bertz CT molecular complexity index is 959. The Morgan fingerprint density at radius 1 is 1.03 bits per heavy atom. The molecule has 8 nitrogen and oxygen atoms in total. The van der Waals surface area contributed by atoms with Gasteiger partial charge in [-0.2, -0.15) is 0 Å². The van der Waals surface area contributed by atoms with Crippen LogP contribution in [0.5, 0.6) is 17.2 Å². The summed E-state index contributed by atoms with van der Waals surface area (Å²) >= 11 is 0. The van der Waals surface area contributed by atoms with Crippen molar-refractivity contribution in [3.05, 3.63) is 42.0 Å². The van der Waals surface area contributed by atoms with E-state index in [0.29, 0.717) is 41.5 Å². The molecule has 0 aliphatic rings. The minimum Gasteiger partial charge on any atom is -0.497 e. The van der Waals surface area contributed by atoms with Gasteiger partial charge in [0.1, 0.15) is 17.2 Å². The van der Waals surface area contributed by atoms with Gasteiger partial charge in [0.15, 0.2) is 6.61 Å². The zero-order valence-corrected chi connectivity index (χ0v) is 17.8. The minimum atomic E-state index is -3.56. The van der Waals surface area contributed by atoms with Crippen LogP contribution in [-0.4, -0.2) is 41.7 Å². The molecule has 0 radical (unpaired) electrons. The lowest BCUT2D eigenvalue weighted by Crippen LogP contribution is -2.24. The smallest absolute Gasteiger partial charge is 0.262 e. The number of aryl methyl sites for hydroxylation is 1. The second-order valence-corrected chi connectivity index (χ2v) is 8.00. The monoisotopic (exact) mass is 422 g/mol. The van der Waals surface area contributed by atoms with Crippen molar-refractivity contribution in [2.24, 2.45) is 0 Å². The Hall–Kier alpha value is -2.78. The predicted molar refractivity (Wildman–Crippen MR) is 110 cm³/mol. The zero-order valence-electron chi connectivity index (χ0n) is 16.9. The van der Waals surface area contributed by atoms with Gasteiger partial charge in [-0.1, -0.05) is 6.92 Å². The number of ether oxygens (including phenoxy) is 3. The summed E-state index contributed by atoms with van der Waals surface area (Å²) in [5.74, 6) is 1.10. The number of methoxy groups -OCH3 is 2. The maximum atomic E-state index is 12.3. The van der Waals surface area contributed by atoms with Crippen molar-refractivity contribution >= 4 is 21.6 Å². The second-order valence-electron chi connectivity index (χ2n) is 6.23. The number of hydrogen-bond acceptors (Lipinski definition) is 6. The first-order valence-electron chi connectivity index (χ1n) is 9.05. The molecule has 158 valence electrons. The lowest BCUT2D eigenvalue weighted by Gasteiger charge is -2.13. The molecule has 0 bridgehead atoms. The molecule has 0 saturated carbocycles. The van der Waals surface area contributed by atoms with Crippen molar-refractivity contribution in [1.29, 1.82) is 0 Å². The lowest BCUT2D eigenvalue weighted by molar-refractivity contribution is -0.118. The fraction of sp³-hybridized carbons (Fsp3) is 0.350. The number of benzene rings is 2. The number of carbonyl (C=O) groups is 1. The molecule has 0 saturated heterocycles. The van der Waals surface area contributed by atoms with Crippen molar-refractivity contribution in [1.82, 2.24) is 4.72 Å². The molecule has 9 heteroatoms. The summed E-state index contributed by atoms with van der Waals surface area (Å²) in [6.07, 6.45) is 0.701.